The fourth-order valence-electron chi connectivity index (χ4n) is 1.56. The molecule has 1 aromatic rings. The average molecular weight is 248 g/mol. The van der Waals surface area contributed by atoms with Crippen molar-refractivity contribution in [3.8, 4) is 6.07 Å². The molecule has 0 aliphatic carbocycles. The molecule has 0 saturated carbocycles. The predicted octanol–water partition coefficient (Wildman–Crippen LogP) is 3.47. The maximum atomic E-state index is 13.2. The van der Waals surface area contributed by atoms with E-state index in [2.05, 4.69) is 33.0 Å². The molecule has 1 rings (SSSR count). The van der Waals surface area contributed by atoms with Gasteiger partial charge in [0.25, 0.3) is 0 Å². The van der Waals surface area contributed by atoms with Crippen molar-refractivity contribution in [1.29, 1.82) is 5.26 Å². The van der Waals surface area contributed by atoms with Crippen molar-refractivity contribution < 1.29 is 4.39 Å². The molecule has 0 aliphatic rings. The first kappa shape index (κ1) is 14.7. The van der Waals surface area contributed by atoms with Crippen LogP contribution in [0.2, 0.25) is 0 Å². The molecule has 98 valence electrons. The van der Waals surface area contributed by atoms with Crippen molar-refractivity contribution in [1.82, 2.24) is 5.32 Å². The first-order valence-corrected chi connectivity index (χ1v) is 6.23. The van der Waals surface area contributed by atoms with Gasteiger partial charge in [-0.15, -0.1) is 0 Å². The highest BCUT2D eigenvalue weighted by molar-refractivity contribution is 5.33. The summed E-state index contributed by atoms with van der Waals surface area (Å²) in [6.07, 6.45) is 0. The van der Waals surface area contributed by atoms with Crippen LogP contribution in [0.4, 0.5) is 4.39 Å². The van der Waals surface area contributed by atoms with E-state index in [0.29, 0.717) is 18.0 Å². The van der Waals surface area contributed by atoms with Crippen LogP contribution in [0.1, 0.15) is 38.8 Å². The van der Waals surface area contributed by atoms with Gasteiger partial charge < -0.3 is 5.32 Å². The highest BCUT2D eigenvalue weighted by Crippen LogP contribution is 2.24. The van der Waals surface area contributed by atoms with E-state index in [1.165, 1.54) is 12.1 Å². The van der Waals surface area contributed by atoms with Crippen LogP contribution < -0.4 is 5.32 Å². The Bertz CT molecular complexity index is 441. The Balaban J connectivity index is 2.55. The summed E-state index contributed by atoms with van der Waals surface area (Å²) >= 11 is 0. The number of hydrogen-bond acceptors (Lipinski definition) is 2. The van der Waals surface area contributed by atoms with Crippen molar-refractivity contribution >= 4 is 0 Å². The molecular formula is C15H21FN2. The van der Waals surface area contributed by atoms with E-state index in [1.54, 1.807) is 6.07 Å². The fourth-order valence-corrected chi connectivity index (χ4v) is 1.56. The second-order valence-corrected chi connectivity index (χ2v) is 5.86. The number of halogens is 1. The van der Waals surface area contributed by atoms with Crippen molar-refractivity contribution in [2.24, 2.45) is 11.3 Å². The summed E-state index contributed by atoms with van der Waals surface area (Å²) in [5, 5.41) is 12.1. The van der Waals surface area contributed by atoms with Crippen LogP contribution in [0.25, 0.3) is 0 Å². The Labute approximate surface area is 109 Å². The van der Waals surface area contributed by atoms with Gasteiger partial charge in [-0.05, 0) is 41.6 Å². The van der Waals surface area contributed by atoms with Gasteiger partial charge in [-0.3, -0.25) is 0 Å². The van der Waals surface area contributed by atoms with Crippen LogP contribution in [0.3, 0.4) is 0 Å². The van der Waals surface area contributed by atoms with Crippen LogP contribution >= 0.6 is 0 Å². The second kappa shape index (κ2) is 5.97. The zero-order valence-electron chi connectivity index (χ0n) is 11.5. The van der Waals surface area contributed by atoms with Gasteiger partial charge in [0, 0.05) is 6.54 Å². The first-order chi connectivity index (χ1) is 8.32. The highest BCUT2D eigenvalue weighted by atomic mass is 19.1. The SMILES string of the molecule is CC(CNCc1cc(F)cc(C#N)c1)C(C)(C)C. The molecule has 0 radical (unpaired) electrons. The Hall–Kier alpha value is -1.40. The zero-order valence-corrected chi connectivity index (χ0v) is 11.5. The fraction of sp³-hybridized carbons (Fsp3) is 0.533. The van der Waals surface area contributed by atoms with Gasteiger partial charge >= 0.3 is 0 Å². The summed E-state index contributed by atoms with van der Waals surface area (Å²) in [6, 6.07) is 6.40. The molecule has 2 nitrogen and oxygen atoms in total. The third kappa shape index (κ3) is 4.46. The normalized spacial score (nSPS) is 13.1. The zero-order chi connectivity index (χ0) is 13.8. The number of nitrogens with zero attached hydrogens (tertiary/aromatic N) is 1. The van der Waals surface area contributed by atoms with E-state index in [-0.39, 0.29) is 11.2 Å². The van der Waals surface area contributed by atoms with Crippen LogP contribution in [-0.4, -0.2) is 6.54 Å². The largest absolute Gasteiger partial charge is 0.312 e. The summed E-state index contributed by atoms with van der Waals surface area (Å²) in [5.41, 5.74) is 1.44. The maximum Gasteiger partial charge on any atom is 0.124 e. The predicted molar refractivity (Wildman–Crippen MR) is 71.4 cm³/mol. The highest BCUT2D eigenvalue weighted by Gasteiger charge is 2.19. The monoisotopic (exact) mass is 248 g/mol. The molecule has 0 fully saturated rings. The van der Waals surface area contributed by atoms with Gasteiger partial charge in [-0.25, -0.2) is 4.39 Å². The van der Waals surface area contributed by atoms with Crippen molar-refractivity contribution in [3.05, 3.63) is 35.1 Å². The van der Waals surface area contributed by atoms with Crippen LogP contribution in [0.5, 0.6) is 0 Å². The van der Waals surface area contributed by atoms with E-state index in [4.69, 9.17) is 5.26 Å². The summed E-state index contributed by atoms with van der Waals surface area (Å²) in [4.78, 5) is 0. The van der Waals surface area contributed by atoms with E-state index >= 15 is 0 Å². The molecule has 1 atom stereocenters. The van der Waals surface area contributed by atoms with Crippen molar-refractivity contribution in [2.75, 3.05) is 6.54 Å². The molecule has 0 aliphatic heterocycles. The molecule has 1 unspecified atom stereocenters. The minimum atomic E-state index is -0.352. The van der Waals surface area contributed by atoms with Gasteiger partial charge in [-0.2, -0.15) is 5.26 Å². The van der Waals surface area contributed by atoms with E-state index < -0.39 is 0 Å². The lowest BCUT2D eigenvalue weighted by Crippen LogP contribution is -2.29. The molecular weight excluding hydrogens is 227 g/mol. The van der Waals surface area contributed by atoms with Crippen LogP contribution in [0, 0.1) is 28.5 Å². The standard InChI is InChI=1S/C15H21FN2/c1-11(15(2,3)4)9-18-10-13-5-12(8-17)6-14(16)7-13/h5-7,11,18H,9-10H2,1-4H3. The topological polar surface area (TPSA) is 35.8 Å². The smallest absolute Gasteiger partial charge is 0.124 e. The van der Waals surface area contributed by atoms with Crippen LogP contribution in [-0.2, 0) is 6.54 Å². The van der Waals surface area contributed by atoms with Crippen molar-refractivity contribution in [2.45, 2.75) is 34.2 Å². The number of nitriles is 1. The minimum absolute atomic E-state index is 0.257. The average Bonchev–Trinajstić information content (AvgIpc) is 2.26. The number of hydrogen-bond donors (Lipinski definition) is 1. The molecule has 0 aromatic heterocycles. The molecule has 3 heteroatoms. The molecule has 1 N–H and O–H groups in total. The van der Waals surface area contributed by atoms with E-state index in [0.717, 1.165) is 12.1 Å². The lowest BCUT2D eigenvalue weighted by molar-refractivity contribution is 0.252. The quantitative estimate of drug-likeness (QED) is 0.885. The second-order valence-electron chi connectivity index (χ2n) is 5.86. The molecule has 0 spiro atoms. The summed E-state index contributed by atoms with van der Waals surface area (Å²) in [5.74, 6) is 0.177. The molecule has 0 amide bonds. The Morgan fingerprint density at radius 1 is 1.33 bits per heavy atom. The van der Waals surface area contributed by atoms with E-state index in [1.807, 2.05) is 6.07 Å². The Morgan fingerprint density at radius 3 is 2.56 bits per heavy atom. The molecule has 0 bridgehead atoms. The number of rotatable bonds is 4. The number of benzene rings is 1. The van der Waals surface area contributed by atoms with Gasteiger partial charge in [0.1, 0.15) is 5.82 Å². The summed E-state index contributed by atoms with van der Waals surface area (Å²) < 4.78 is 13.2. The molecule has 0 saturated heterocycles. The lowest BCUT2D eigenvalue weighted by atomic mass is 9.82. The minimum Gasteiger partial charge on any atom is -0.312 e. The molecule has 0 heterocycles. The third-order valence-corrected chi connectivity index (χ3v) is 3.34. The molecule has 18 heavy (non-hydrogen) atoms. The first-order valence-electron chi connectivity index (χ1n) is 6.23. The maximum absolute atomic E-state index is 13.2. The van der Waals surface area contributed by atoms with Gasteiger partial charge in [-0.1, -0.05) is 27.7 Å². The lowest BCUT2D eigenvalue weighted by Gasteiger charge is -2.27. The van der Waals surface area contributed by atoms with Gasteiger partial charge in [0.2, 0.25) is 0 Å². The Kier molecular flexibility index (Phi) is 4.86. The van der Waals surface area contributed by atoms with Crippen LogP contribution in [0.15, 0.2) is 18.2 Å². The third-order valence-electron chi connectivity index (χ3n) is 3.34. The van der Waals surface area contributed by atoms with Gasteiger partial charge in [0.15, 0.2) is 0 Å². The van der Waals surface area contributed by atoms with Gasteiger partial charge in [0.05, 0.1) is 11.6 Å². The number of nitrogens with one attached hydrogen (secondary N) is 1. The summed E-state index contributed by atoms with van der Waals surface area (Å²) in [6.45, 7) is 10.3. The Morgan fingerprint density at radius 2 is 2.00 bits per heavy atom. The molecule has 1 aromatic carbocycles. The summed E-state index contributed by atoms with van der Waals surface area (Å²) in [7, 11) is 0. The van der Waals surface area contributed by atoms with E-state index in [9.17, 15) is 4.39 Å². The van der Waals surface area contributed by atoms with Crippen molar-refractivity contribution in [3.63, 3.8) is 0 Å².